The van der Waals surface area contributed by atoms with Gasteiger partial charge in [0.2, 0.25) is 0 Å². The number of hydrogen-bond donors (Lipinski definition) is 0. The van der Waals surface area contributed by atoms with Crippen LogP contribution in [0.5, 0.6) is 0 Å². The second kappa shape index (κ2) is 18.9. The van der Waals surface area contributed by atoms with Crippen molar-refractivity contribution in [3.8, 4) is 0 Å². The molecule has 0 N–H and O–H groups in total. The Bertz CT molecular complexity index is 1110. The van der Waals surface area contributed by atoms with E-state index in [1.165, 1.54) is 69.3 Å². The molecule has 0 fully saturated rings. The van der Waals surface area contributed by atoms with Gasteiger partial charge in [0.25, 0.3) is 0 Å². The van der Waals surface area contributed by atoms with Crippen LogP contribution in [0.15, 0.2) is 59.2 Å². The van der Waals surface area contributed by atoms with Gasteiger partial charge in [0, 0.05) is 0 Å². The normalized spacial score (nSPS) is 17.2. The molecule has 2 aliphatic rings. The van der Waals surface area contributed by atoms with Crippen LogP contribution in [0, 0.1) is 0 Å². The molecule has 0 nitrogen and oxygen atoms in total. The van der Waals surface area contributed by atoms with Crippen LogP contribution in [-0.2, 0) is 22.9 Å². The average Bonchev–Trinajstić information content (AvgIpc) is 3.46. The summed E-state index contributed by atoms with van der Waals surface area (Å²) >= 11 is -1.16. The quantitative estimate of drug-likeness (QED) is 0.108. The molecule has 2 atom stereocenters. The summed E-state index contributed by atoms with van der Waals surface area (Å²) in [5.74, 6) is 0. The standard InChI is InChI=1S/C21H32P.C15H20P.2ClH.Hf/c1-3-5-7-11-15-22(16-12-8-6-4-2)21-17-19-13-9-10-14-20(19)18-21;1-11(2)16(12(3)4)15-9-13-7-5-6-8-14(13)10-15;;;/h9-10,13-14,17-18H,3-8,11-12,15-16H2,1-2H3;5-12H,1-4H3;2*1H;/q;;;;+2/p-2. The van der Waals surface area contributed by atoms with Crippen molar-refractivity contribution in [2.24, 2.45) is 0 Å². The minimum atomic E-state index is -1.16. The van der Waals surface area contributed by atoms with E-state index < -0.39 is 22.9 Å². The van der Waals surface area contributed by atoms with Gasteiger partial charge in [-0.2, -0.15) is 0 Å². The summed E-state index contributed by atoms with van der Waals surface area (Å²) in [5, 5.41) is 3.78. The molecule has 0 spiro atoms. The van der Waals surface area contributed by atoms with E-state index >= 15 is 0 Å². The van der Waals surface area contributed by atoms with Crippen molar-refractivity contribution in [2.45, 2.75) is 112 Å². The monoisotopic (exact) mass is 796 g/mol. The molecule has 224 valence electrons. The van der Waals surface area contributed by atoms with Crippen LogP contribution < -0.4 is 24.8 Å². The van der Waals surface area contributed by atoms with Gasteiger partial charge < -0.3 is 24.8 Å². The molecule has 2 aliphatic carbocycles. The Morgan fingerprint density at radius 2 is 1.05 bits per heavy atom. The van der Waals surface area contributed by atoms with Gasteiger partial charge in [0.15, 0.2) is 0 Å². The van der Waals surface area contributed by atoms with Gasteiger partial charge in [0.05, 0.1) is 0 Å². The second-order valence-corrected chi connectivity index (χ2v) is 23.4. The fraction of sp³-hybridized carbons (Fsp3) is 0.556. The number of fused-ring (bicyclic) bond motifs is 2. The van der Waals surface area contributed by atoms with E-state index in [1.807, 2.05) is 10.6 Å². The Kier molecular flexibility index (Phi) is 17.3. The largest absolute Gasteiger partial charge is 1.00 e. The minimum Gasteiger partial charge on any atom is -1.00 e. The molecule has 2 aromatic rings. The number of allylic oxidation sites excluding steroid dienone is 2. The Balaban J connectivity index is 0.00000294. The predicted octanol–water partition coefficient (Wildman–Crippen LogP) is 6.21. The van der Waals surface area contributed by atoms with Gasteiger partial charge >= 0.3 is 256 Å². The van der Waals surface area contributed by atoms with Crippen LogP contribution in [-0.4, -0.2) is 23.6 Å². The maximum Gasteiger partial charge on any atom is -1.00 e. The second-order valence-electron chi connectivity index (χ2n) is 12.1. The van der Waals surface area contributed by atoms with Crippen molar-refractivity contribution in [3.05, 3.63) is 81.4 Å². The SMILES string of the molecule is CCCCCCP(CCCCCC)C1=Cc2ccccc2[CH]1[Hf+2][CH]1C(P(C(C)C)C(C)C)=Cc2ccccc21.[Cl-].[Cl-]. The fourth-order valence-corrected chi connectivity index (χ4v) is 23.5. The molecule has 4 rings (SSSR count). The van der Waals surface area contributed by atoms with E-state index in [0.29, 0.717) is 0 Å². The van der Waals surface area contributed by atoms with Gasteiger partial charge in [-0.15, -0.1) is 0 Å². The van der Waals surface area contributed by atoms with Gasteiger partial charge in [-0.25, -0.2) is 0 Å². The molecule has 0 amide bonds. The smallest absolute Gasteiger partial charge is 1.00 e. The molecule has 5 heteroatoms. The van der Waals surface area contributed by atoms with Crippen LogP contribution in [0.25, 0.3) is 12.2 Å². The zero-order valence-electron chi connectivity index (χ0n) is 26.3. The average molecular weight is 796 g/mol. The van der Waals surface area contributed by atoms with E-state index in [-0.39, 0.29) is 40.7 Å². The third-order valence-electron chi connectivity index (χ3n) is 8.48. The summed E-state index contributed by atoms with van der Waals surface area (Å²) in [5.41, 5.74) is 8.00. The number of halogens is 2. The molecule has 0 aromatic heterocycles. The van der Waals surface area contributed by atoms with Gasteiger partial charge in [-0.3, -0.25) is 0 Å². The molecule has 0 saturated heterocycles. The Morgan fingerprint density at radius 1 is 0.610 bits per heavy atom. The zero-order chi connectivity index (χ0) is 27.8. The van der Waals surface area contributed by atoms with Crippen LogP contribution in [0.4, 0.5) is 0 Å². The van der Waals surface area contributed by atoms with E-state index in [1.54, 1.807) is 16.7 Å². The molecule has 0 saturated carbocycles. The maximum absolute atomic E-state index is 2.72. The Morgan fingerprint density at radius 3 is 1.51 bits per heavy atom. The molecule has 41 heavy (non-hydrogen) atoms. The summed E-state index contributed by atoms with van der Waals surface area (Å²) in [6.45, 7) is 14.7. The number of rotatable bonds is 16. The van der Waals surface area contributed by atoms with Gasteiger partial charge in [-0.05, 0) is 0 Å². The molecule has 0 bridgehead atoms. The molecule has 0 radical (unpaired) electrons. The first-order valence-electron chi connectivity index (χ1n) is 15.9. The third kappa shape index (κ3) is 9.61. The molecule has 2 aromatic carbocycles. The number of benzene rings is 2. The van der Waals surface area contributed by atoms with Crippen LogP contribution in [0.1, 0.15) is 123 Å². The molecule has 2 unspecified atom stereocenters. The third-order valence-corrected chi connectivity index (χ3v) is 23.1. The molecule has 0 aliphatic heterocycles. The molecule has 0 heterocycles. The summed E-state index contributed by atoms with van der Waals surface area (Å²) in [6.07, 6.45) is 19.5. The first-order chi connectivity index (χ1) is 19.0. The summed E-state index contributed by atoms with van der Waals surface area (Å²) in [4.78, 5) is 0. The number of unbranched alkanes of at least 4 members (excludes halogenated alkanes) is 6. The summed E-state index contributed by atoms with van der Waals surface area (Å²) in [7, 11) is -0.141. The first kappa shape index (κ1) is 37.4. The number of hydrogen-bond acceptors (Lipinski definition) is 0. The van der Waals surface area contributed by atoms with Crippen molar-refractivity contribution in [1.82, 2.24) is 0 Å². The first-order valence-corrected chi connectivity index (χ1v) is 23.2. The van der Waals surface area contributed by atoms with E-state index in [0.717, 1.165) is 18.7 Å². The summed E-state index contributed by atoms with van der Waals surface area (Å²) in [6, 6.07) is 19.0. The predicted molar refractivity (Wildman–Crippen MR) is 176 cm³/mol. The van der Waals surface area contributed by atoms with Crippen LogP contribution in [0.2, 0.25) is 0 Å². The summed E-state index contributed by atoms with van der Waals surface area (Å²) < 4.78 is 1.54. The molecular formula is C36H52Cl2HfP2. The van der Waals surface area contributed by atoms with E-state index in [9.17, 15) is 0 Å². The topological polar surface area (TPSA) is 0 Å². The van der Waals surface area contributed by atoms with E-state index in [4.69, 9.17) is 0 Å². The van der Waals surface area contributed by atoms with E-state index in [2.05, 4.69) is 102 Å². The van der Waals surface area contributed by atoms with Crippen molar-refractivity contribution < 1.29 is 47.7 Å². The van der Waals surface area contributed by atoms with Gasteiger partial charge in [-0.1, -0.05) is 0 Å². The van der Waals surface area contributed by atoms with Gasteiger partial charge in [0.1, 0.15) is 0 Å². The van der Waals surface area contributed by atoms with Crippen molar-refractivity contribution in [2.75, 3.05) is 12.3 Å². The zero-order valence-corrected chi connectivity index (χ0v) is 33.2. The van der Waals surface area contributed by atoms with Crippen LogP contribution >= 0.6 is 15.8 Å². The van der Waals surface area contributed by atoms with Crippen molar-refractivity contribution in [1.29, 1.82) is 0 Å². The fourth-order valence-electron chi connectivity index (χ4n) is 6.65. The Labute approximate surface area is 279 Å². The maximum atomic E-state index is 2.72. The molecular weight excluding hydrogens is 744 g/mol. The van der Waals surface area contributed by atoms with Crippen molar-refractivity contribution >= 4 is 28.0 Å². The Hall–Kier alpha value is 0.230. The van der Waals surface area contributed by atoms with Crippen LogP contribution in [0.3, 0.4) is 0 Å². The van der Waals surface area contributed by atoms with Crippen molar-refractivity contribution in [3.63, 3.8) is 0 Å². The minimum absolute atomic E-state index is 0.